The van der Waals surface area contributed by atoms with Crippen LogP contribution in [0.3, 0.4) is 0 Å². The molecule has 0 aliphatic heterocycles. The van der Waals surface area contributed by atoms with Crippen LogP contribution < -0.4 is 29.6 Å². The molecular formula is C10H17NaO5S. The van der Waals surface area contributed by atoms with Crippen LogP contribution >= 0.6 is 0 Å². The smallest absolute Gasteiger partial charge is 0.748 e. The number of hydrogen-bond donors (Lipinski definition) is 0. The van der Waals surface area contributed by atoms with Gasteiger partial charge in [-0.05, 0) is 17.8 Å². The molecule has 0 heterocycles. The van der Waals surface area contributed by atoms with Gasteiger partial charge in [0.15, 0.2) is 0 Å². The normalized spacial score (nSPS) is 25.9. The number of ether oxygens (including phenoxy) is 1. The summed E-state index contributed by atoms with van der Waals surface area (Å²) in [5, 5.41) is 0. The van der Waals surface area contributed by atoms with Crippen LogP contribution in [0, 0.1) is 17.3 Å². The zero-order valence-electron chi connectivity index (χ0n) is 10.7. The van der Waals surface area contributed by atoms with Gasteiger partial charge < -0.3 is 9.29 Å². The molecule has 1 rings (SSSR count). The molecule has 1 saturated carbocycles. The first-order chi connectivity index (χ1) is 7.20. The Kier molecular flexibility index (Phi) is 6.15. The molecule has 0 bridgehead atoms. The van der Waals surface area contributed by atoms with E-state index in [0.29, 0.717) is 6.61 Å². The fraction of sp³-hybridized carbons (Fsp3) is 0.900. The van der Waals surface area contributed by atoms with Crippen molar-refractivity contribution >= 4 is 16.1 Å². The van der Waals surface area contributed by atoms with Crippen molar-refractivity contribution < 1.29 is 52.1 Å². The van der Waals surface area contributed by atoms with Gasteiger partial charge in [-0.2, -0.15) is 0 Å². The van der Waals surface area contributed by atoms with Crippen LogP contribution in [0.15, 0.2) is 0 Å². The van der Waals surface area contributed by atoms with E-state index in [-0.39, 0.29) is 35.5 Å². The van der Waals surface area contributed by atoms with E-state index in [9.17, 15) is 17.8 Å². The van der Waals surface area contributed by atoms with Crippen LogP contribution in [-0.2, 0) is 19.6 Å². The monoisotopic (exact) mass is 272 g/mol. The summed E-state index contributed by atoms with van der Waals surface area (Å²) in [4.78, 5) is 11.6. The molecule has 0 saturated heterocycles. The Morgan fingerprint density at radius 3 is 2.35 bits per heavy atom. The predicted molar refractivity (Wildman–Crippen MR) is 56.6 cm³/mol. The van der Waals surface area contributed by atoms with Gasteiger partial charge in [0.2, 0.25) is 0 Å². The summed E-state index contributed by atoms with van der Waals surface area (Å²) < 4.78 is 36.9. The van der Waals surface area contributed by atoms with Crippen LogP contribution in [0.5, 0.6) is 0 Å². The Bertz CT molecular complexity index is 376. The maximum atomic E-state index is 11.6. The first-order valence-electron chi connectivity index (χ1n) is 5.30. The number of carbonyl (C=O) groups is 1. The van der Waals surface area contributed by atoms with Crippen molar-refractivity contribution in [1.82, 2.24) is 0 Å². The molecule has 1 aliphatic carbocycles. The molecule has 0 aromatic heterocycles. The molecule has 0 spiro atoms. The van der Waals surface area contributed by atoms with Crippen LogP contribution in [0.4, 0.5) is 0 Å². The van der Waals surface area contributed by atoms with Crippen molar-refractivity contribution in [2.75, 3.05) is 12.4 Å². The van der Waals surface area contributed by atoms with Crippen molar-refractivity contribution in [2.45, 2.75) is 27.2 Å². The van der Waals surface area contributed by atoms with E-state index >= 15 is 0 Å². The molecule has 0 amide bonds. The Labute approximate surface area is 124 Å². The van der Waals surface area contributed by atoms with E-state index in [1.807, 2.05) is 6.92 Å². The molecule has 0 aromatic carbocycles. The average molecular weight is 272 g/mol. The summed E-state index contributed by atoms with van der Waals surface area (Å²) >= 11 is 0. The van der Waals surface area contributed by atoms with E-state index in [4.69, 9.17) is 4.74 Å². The van der Waals surface area contributed by atoms with Crippen LogP contribution in [0.2, 0.25) is 0 Å². The Balaban J connectivity index is 0.00000256. The first kappa shape index (κ1) is 17.4. The molecular weight excluding hydrogens is 255 g/mol. The summed E-state index contributed by atoms with van der Waals surface area (Å²) in [7, 11) is -4.28. The minimum absolute atomic E-state index is 0. The topological polar surface area (TPSA) is 83.5 Å². The van der Waals surface area contributed by atoms with Crippen molar-refractivity contribution in [3.05, 3.63) is 0 Å². The molecule has 94 valence electrons. The van der Waals surface area contributed by atoms with Gasteiger partial charge in [0.25, 0.3) is 0 Å². The second-order valence-corrected chi connectivity index (χ2v) is 6.25. The van der Waals surface area contributed by atoms with Gasteiger partial charge >= 0.3 is 35.5 Å². The van der Waals surface area contributed by atoms with E-state index in [2.05, 4.69) is 0 Å². The third-order valence-corrected chi connectivity index (χ3v) is 3.90. The fourth-order valence-electron chi connectivity index (χ4n) is 2.04. The standard InChI is InChI=1S/C10H18O5S.Na/c1-4-5-15-9(11)8-7(10(8,2)3)6-16(12,13)14;/h7-8H,4-6H2,1-3H3,(H,12,13,14);/q;+1/p-1. The first-order valence-corrected chi connectivity index (χ1v) is 6.88. The molecule has 2 unspecified atom stereocenters. The Morgan fingerprint density at radius 2 is 1.94 bits per heavy atom. The number of hydrogen-bond acceptors (Lipinski definition) is 5. The van der Waals surface area contributed by atoms with E-state index in [1.54, 1.807) is 13.8 Å². The summed E-state index contributed by atoms with van der Waals surface area (Å²) in [6.45, 7) is 5.77. The SMILES string of the molecule is CCCOC(=O)C1C(CS(=O)(=O)[O-])C1(C)C.[Na+]. The van der Waals surface area contributed by atoms with Gasteiger partial charge in [-0.1, -0.05) is 20.8 Å². The molecule has 0 aromatic rings. The van der Waals surface area contributed by atoms with Crippen LogP contribution in [-0.4, -0.2) is 31.3 Å². The number of carbonyl (C=O) groups excluding carboxylic acids is 1. The van der Waals surface area contributed by atoms with Gasteiger partial charge in [-0.15, -0.1) is 0 Å². The number of rotatable bonds is 5. The zero-order valence-corrected chi connectivity index (χ0v) is 13.5. The predicted octanol–water partition coefficient (Wildman–Crippen LogP) is -2.24. The number of esters is 1. The molecule has 0 radical (unpaired) electrons. The van der Waals surface area contributed by atoms with Crippen molar-refractivity contribution in [1.29, 1.82) is 0 Å². The fourth-order valence-corrected chi connectivity index (χ4v) is 3.10. The van der Waals surface area contributed by atoms with Gasteiger partial charge in [0.1, 0.15) is 0 Å². The zero-order chi connectivity index (χ0) is 12.6. The molecule has 1 aliphatic rings. The molecule has 2 atom stereocenters. The van der Waals surface area contributed by atoms with Crippen molar-refractivity contribution in [3.8, 4) is 0 Å². The summed E-state index contributed by atoms with van der Waals surface area (Å²) in [6.07, 6.45) is 0.726. The third kappa shape index (κ3) is 4.52. The molecule has 1 fully saturated rings. The maximum Gasteiger partial charge on any atom is 1.00 e. The Hall–Kier alpha value is 0.380. The summed E-state index contributed by atoms with van der Waals surface area (Å²) in [6, 6.07) is 0. The largest absolute Gasteiger partial charge is 1.00 e. The summed E-state index contributed by atoms with van der Waals surface area (Å²) in [5.41, 5.74) is -0.442. The average Bonchev–Trinajstić information content (AvgIpc) is 2.61. The van der Waals surface area contributed by atoms with E-state index < -0.39 is 33.1 Å². The maximum absolute atomic E-state index is 11.6. The molecule has 5 nitrogen and oxygen atoms in total. The van der Waals surface area contributed by atoms with Crippen molar-refractivity contribution in [2.24, 2.45) is 17.3 Å². The molecule has 17 heavy (non-hydrogen) atoms. The second-order valence-electron chi connectivity index (χ2n) is 4.80. The Morgan fingerprint density at radius 1 is 1.41 bits per heavy atom. The molecule has 7 heteroatoms. The van der Waals surface area contributed by atoms with Gasteiger partial charge in [0, 0.05) is 5.75 Å². The van der Waals surface area contributed by atoms with Crippen molar-refractivity contribution in [3.63, 3.8) is 0 Å². The minimum atomic E-state index is -4.28. The van der Waals surface area contributed by atoms with Gasteiger partial charge in [-0.3, -0.25) is 4.79 Å². The second kappa shape index (κ2) is 6.02. The van der Waals surface area contributed by atoms with Crippen LogP contribution in [0.1, 0.15) is 27.2 Å². The minimum Gasteiger partial charge on any atom is -0.748 e. The van der Waals surface area contributed by atoms with Crippen LogP contribution in [0.25, 0.3) is 0 Å². The van der Waals surface area contributed by atoms with E-state index in [1.165, 1.54) is 0 Å². The van der Waals surface area contributed by atoms with E-state index in [0.717, 1.165) is 6.42 Å². The van der Waals surface area contributed by atoms with Gasteiger partial charge in [0.05, 0.1) is 22.6 Å². The third-order valence-electron chi connectivity index (χ3n) is 3.14. The van der Waals surface area contributed by atoms with Gasteiger partial charge in [-0.25, -0.2) is 8.42 Å². The summed E-state index contributed by atoms with van der Waals surface area (Å²) in [5.74, 6) is -1.73. The quantitative estimate of drug-likeness (QED) is 0.321. The molecule has 0 N–H and O–H groups in total.